The van der Waals surface area contributed by atoms with Crippen LogP contribution in [-0.4, -0.2) is 60.9 Å². The Labute approximate surface area is 119 Å². The zero-order chi connectivity index (χ0) is 14.4. The van der Waals surface area contributed by atoms with E-state index in [9.17, 15) is 9.59 Å². The second-order valence-corrected chi connectivity index (χ2v) is 5.51. The van der Waals surface area contributed by atoms with Crippen LogP contribution in [0.4, 0.5) is 0 Å². The van der Waals surface area contributed by atoms with E-state index in [2.05, 4.69) is 0 Å². The number of carboxylic acids is 1. The van der Waals surface area contributed by atoms with Gasteiger partial charge in [0.1, 0.15) is 0 Å². The average Bonchev–Trinajstić information content (AvgIpc) is 2.46. The summed E-state index contributed by atoms with van der Waals surface area (Å²) in [6.07, 6.45) is 3.38. The summed E-state index contributed by atoms with van der Waals surface area (Å²) >= 11 is 0. The van der Waals surface area contributed by atoms with Crippen LogP contribution in [0.1, 0.15) is 32.1 Å². The maximum Gasteiger partial charge on any atom is 0.305 e. The molecule has 1 amide bonds. The first kappa shape index (κ1) is 15.3. The van der Waals surface area contributed by atoms with Crippen molar-refractivity contribution in [2.75, 3.05) is 33.0 Å². The standard InChI is InChI=1S/C14H23NO5/c16-13(2-1-11-3-6-19-7-4-11)15-5-8-20-10-12(15)9-14(17)18/h11-12H,1-10H2,(H,17,18)/t12-/m0/s1. The van der Waals surface area contributed by atoms with Crippen molar-refractivity contribution in [2.45, 2.75) is 38.1 Å². The third-order valence-electron chi connectivity index (χ3n) is 4.07. The summed E-state index contributed by atoms with van der Waals surface area (Å²) in [5.74, 6) is -0.263. The average molecular weight is 285 g/mol. The molecule has 2 aliphatic heterocycles. The number of aliphatic carboxylic acids is 1. The molecule has 0 bridgehead atoms. The summed E-state index contributed by atoms with van der Waals surface area (Å²) in [5.41, 5.74) is 0. The highest BCUT2D eigenvalue weighted by Crippen LogP contribution is 2.21. The molecule has 2 heterocycles. The molecule has 2 fully saturated rings. The second kappa shape index (κ2) is 7.59. The van der Waals surface area contributed by atoms with Crippen molar-refractivity contribution in [2.24, 2.45) is 5.92 Å². The molecule has 2 rings (SSSR count). The Morgan fingerprint density at radius 3 is 2.60 bits per heavy atom. The molecule has 0 spiro atoms. The van der Waals surface area contributed by atoms with E-state index >= 15 is 0 Å². The Bertz CT molecular complexity index is 340. The molecule has 2 aliphatic rings. The predicted molar refractivity (Wildman–Crippen MR) is 71.3 cm³/mol. The summed E-state index contributed by atoms with van der Waals surface area (Å²) in [6.45, 7) is 2.91. The third kappa shape index (κ3) is 4.45. The van der Waals surface area contributed by atoms with E-state index in [1.165, 1.54) is 0 Å². The van der Waals surface area contributed by atoms with Crippen LogP contribution in [0.25, 0.3) is 0 Å². The Kier molecular flexibility index (Phi) is 5.79. The molecule has 0 aromatic heterocycles. The number of amides is 1. The van der Waals surface area contributed by atoms with E-state index in [-0.39, 0.29) is 18.4 Å². The lowest BCUT2D eigenvalue weighted by molar-refractivity contribution is -0.146. The highest BCUT2D eigenvalue weighted by Gasteiger charge is 2.29. The quantitative estimate of drug-likeness (QED) is 0.812. The van der Waals surface area contributed by atoms with Gasteiger partial charge < -0.3 is 19.5 Å². The zero-order valence-electron chi connectivity index (χ0n) is 11.8. The normalized spacial score (nSPS) is 24.6. The smallest absolute Gasteiger partial charge is 0.305 e. The minimum atomic E-state index is -0.886. The molecule has 0 saturated carbocycles. The van der Waals surface area contributed by atoms with Gasteiger partial charge in [-0.3, -0.25) is 9.59 Å². The molecule has 1 N–H and O–H groups in total. The second-order valence-electron chi connectivity index (χ2n) is 5.51. The van der Waals surface area contributed by atoms with Crippen LogP contribution in [0.5, 0.6) is 0 Å². The van der Waals surface area contributed by atoms with E-state index in [4.69, 9.17) is 14.6 Å². The maximum atomic E-state index is 12.3. The minimum Gasteiger partial charge on any atom is -0.481 e. The number of carbonyl (C=O) groups is 2. The number of carbonyl (C=O) groups excluding carboxylic acids is 1. The van der Waals surface area contributed by atoms with Crippen molar-refractivity contribution in [1.29, 1.82) is 0 Å². The molecule has 0 aliphatic carbocycles. The Morgan fingerprint density at radius 2 is 1.90 bits per heavy atom. The van der Waals surface area contributed by atoms with Crippen LogP contribution in [0.3, 0.4) is 0 Å². The molecule has 20 heavy (non-hydrogen) atoms. The zero-order valence-corrected chi connectivity index (χ0v) is 11.8. The van der Waals surface area contributed by atoms with Gasteiger partial charge in [-0.25, -0.2) is 0 Å². The minimum absolute atomic E-state index is 0.0387. The summed E-state index contributed by atoms with van der Waals surface area (Å²) in [6, 6.07) is -0.316. The van der Waals surface area contributed by atoms with Crippen molar-refractivity contribution in [3.63, 3.8) is 0 Å². The highest BCUT2D eigenvalue weighted by molar-refractivity contribution is 5.77. The number of hydrogen-bond donors (Lipinski definition) is 1. The molecule has 0 aromatic carbocycles. The molecule has 0 radical (unpaired) electrons. The van der Waals surface area contributed by atoms with Crippen LogP contribution in [0.2, 0.25) is 0 Å². The SMILES string of the molecule is O=C(O)C[C@H]1COCCN1C(=O)CCC1CCOCC1. The summed E-state index contributed by atoms with van der Waals surface area (Å²) < 4.78 is 10.6. The van der Waals surface area contributed by atoms with Gasteiger partial charge in [0.15, 0.2) is 0 Å². The van der Waals surface area contributed by atoms with Gasteiger partial charge >= 0.3 is 5.97 Å². The largest absolute Gasteiger partial charge is 0.481 e. The number of carboxylic acid groups (broad SMARTS) is 1. The Balaban J connectivity index is 1.80. The van der Waals surface area contributed by atoms with E-state index in [1.54, 1.807) is 4.90 Å². The lowest BCUT2D eigenvalue weighted by Crippen LogP contribution is -2.49. The van der Waals surface area contributed by atoms with Crippen molar-refractivity contribution < 1.29 is 24.2 Å². The number of rotatable bonds is 5. The molecule has 6 nitrogen and oxygen atoms in total. The fourth-order valence-electron chi connectivity index (χ4n) is 2.86. The first-order valence-corrected chi connectivity index (χ1v) is 7.33. The summed E-state index contributed by atoms with van der Waals surface area (Å²) in [5, 5.41) is 8.89. The van der Waals surface area contributed by atoms with Gasteiger partial charge in [0.05, 0.1) is 25.7 Å². The Morgan fingerprint density at radius 1 is 1.15 bits per heavy atom. The fourth-order valence-corrected chi connectivity index (χ4v) is 2.86. The highest BCUT2D eigenvalue weighted by atomic mass is 16.5. The van der Waals surface area contributed by atoms with E-state index in [0.717, 1.165) is 32.5 Å². The monoisotopic (exact) mass is 285 g/mol. The van der Waals surface area contributed by atoms with Crippen LogP contribution in [0.15, 0.2) is 0 Å². The first-order valence-electron chi connectivity index (χ1n) is 7.33. The van der Waals surface area contributed by atoms with Gasteiger partial charge in [-0.1, -0.05) is 0 Å². The summed E-state index contributed by atoms with van der Waals surface area (Å²) in [7, 11) is 0. The molecule has 2 saturated heterocycles. The lowest BCUT2D eigenvalue weighted by Gasteiger charge is -2.35. The van der Waals surface area contributed by atoms with Gasteiger partial charge in [-0.15, -0.1) is 0 Å². The molecule has 114 valence electrons. The van der Waals surface area contributed by atoms with Gasteiger partial charge in [-0.2, -0.15) is 0 Å². The van der Waals surface area contributed by atoms with Gasteiger partial charge in [0.2, 0.25) is 5.91 Å². The number of ether oxygens (including phenoxy) is 2. The van der Waals surface area contributed by atoms with E-state index in [0.29, 0.717) is 32.1 Å². The number of hydrogen-bond acceptors (Lipinski definition) is 4. The number of nitrogens with zero attached hydrogens (tertiary/aromatic N) is 1. The third-order valence-corrected chi connectivity index (χ3v) is 4.07. The summed E-state index contributed by atoms with van der Waals surface area (Å²) in [4.78, 5) is 24.8. The lowest BCUT2D eigenvalue weighted by atomic mass is 9.94. The van der Waals surface area contributed by atoms with Crippen LogP contribution in [-0.2, 0) is 19.1 Å². The number of morpholine rings is 1. The van der Waals surface area contributed by atoms with Gasteiger partial charge in [-0.05, 0) is 25.2 Å². The maximum absolute atomic E-state index is 12.3. The van der Waals surface area contributed by atoms with E-state index < -0.39 is 5.97 Å². The first-order chi connectivity index (χ1) is 9.66. The molecule has 0 unspecified atom stereocenters. The van der Waals surface area contributed by atoms with Crippen LogP contribution < -0.4 is 0 Å². The van der Waals surface area contributed by atoms with Crippen molar-refractivity contribution >= 4 is 11.9 Å². The molecular weight excluding hydrogens is 262 g/mol. The van der Waals surface area contributed by atoms with Gasteiger partial charge in [0, 0.05) is 26.2 Å². The van der Waals surface area contributed by atoms with Crippen molar-refractivity contribution in [1.82, 2.24) is 4.90 Å². The van der Waals surface area contributed by atoms with Crippen molar-refractivity contribution in [3.05, 3.63) is 0 Å². The fraction of sp³-hybridized carbons (Fsp3) is 0.857. The van der Waals surface area contributed by atoms with Gasteiger partial charge in [0.25, 0.3) is 0 Å². The predicted octanol–water partition coefficient (Wildman–Crippen LogP) is 0.895. The molecule has 1 atom stereocenters. The van der Waals surface area contributed by atoms with Crippen molar-refractivity contribution in [3.8, 4) is 0 Å². The molecular formula is C14H23NO5. The molecule has 6 heteroatoms. The van der Waals surface area contributed by atoms with E-state index in [1.807, 2.05) is 0 Å². The Hall–Kier alpha value is -1.14. The van der Waals surface area contributed by atoms with Crippen LogP contribution in [0, 0.1) is 5.92 Å². The van der Waals surface area contributed by atoms with Crippen LogP contribution >= 0.6 is 0 Å². The topological polar surface area (TPSA) is 76.1 Å². The molecule has 0 aromatic rings.